The number of rotatable bonds is 5. The van der Waals surface area contributed by atoms with Gasteiger partial charge < -0.3 is 5.32 Å². The first-order valence-electron chi connectivity index (χ1n) is 7.46. The SMILES string of the molecule is CC(C)(C(=O)Nc1nncs1)C(c1cccc(F)c1)c1ccc(Br)s1. The molecule has 0 aliphatic rings. The quantitative estimate of drug-likeness (QED) is 0.586. The number of hydrogen-bond acceptors (Lipinski definition) is 5. The highest BCUT2D eigenvalue weighted by atomic mass is 79.9. The summed E-state index contributed by atoms with van der Waals surface area (Å²) < 4.78 is 14.8. The maximum Gasteiger partial charge on any atom is 0.232 e. The van der Waals surface area contributed by atoms with Gasteiger partial charge in [0.05, 0.1) is 9.20 Å². The maximum atomic E-state index is 13.8. The number of anilines is 1. The Bertz CT molecular complexity index is 880. The summed E-state index contributed by atoms with van der Waals surface area (Å²) >= 11 is 6.26. The molecule has 0 aliphatic carbocycles. The summed E-state index contributed by atoms with van der Waals surface area (Å²) in [6, 6.07) is 10.3. The third kappa shape index (κ3) is 3.96. The molecule has 0 saturated heterocycles. The van der Waals surface area contributed by atoms with E-state index in [-0.39, 0.29) is 17.6 Å². The van der Waals surface area contributed by atoms with Gasteiger partial charge in [-0.15, -0.1) is 21.5 Å². The van der Waals surface area contributed by atoms with Crippen molar-refractivity contribution in [2.75, 3.05) is 5.32 Å². The minimum absolute atomic E-state index is 0.192. The second kappa shape index (κ2) is 7.31. The van der Waals surface area contributed by atoms with Crippen LogP contribution in [0.5, 0.6) is 0 Å². The lowest BCUT2D eigenvalue weighted by molar-refractivity contribution is -0.124. The van der Waals surface area contributed by atoms with Crippen molar-refractivity contribution >= 4 is 49.6 Å². The Morgan fingerprint density at radius 1 is 1.32 bits per heavy atom. The Morgan fingerprint density at radius 2 is 2.12 bits per heavy atom. The van der Waals surface area contributed by atoms with Crippen LogP contribution in [0, 0.1) is 11.2 Å². The highest BCUT2D eigenvalue weighted by molar-refractivity contribution is 9.11. The first-order chi connectivity index (χ1) is 11.9. The van der Waals surface area contributed by atoms with Gasteiger partial charge in [-0.25, -0.2) is 4.39 Å². The number of nitrogens with one attached hydrogen (secondary N) is 1. The summed E-state index contributed by atoms with van der Waals surface area (Å²) in [5.41, 5.74) is 1.49. The first-order valence-corrected chi connectivity index (χ1v) is 9.95. The summed E-state index contributed by atoms with van der Waals surface area (Å²) in [6.45, 7) is 3.71. The maximum absolute atomic E-state index is 13.8. The van der Waals surface area contributed by atoms with Crippen molar-refractivity contribution in [1.29, 1.82) is 0 Å². The Balaban J connectivity index is 2.02. The Morgan fingerprint density at radius 3 is 2.72 bits per heavy atom. The lowest BCUT2D eigenvalue weighted by Gasteiger charge is -2.32. The van der Waals surface area contributed by atoms with Crippen LogP contribution in [0.25, 0.3) is 0 Å². The fraction of sp³-hybridized carbons (Fsp3) is 0.235. The van der Waals surface area contributed by atoms with E-state index in [0.717, 1.165) is 14.2 Å². The van der Waals surface area contributed by atoms with Crippen LogP contribution < -0.4 is 5.32 Å². The zero-order valence-electron chi connectivity index (χ0n) is 13.5. The fourth-order valence-electron chi connectivity index (χ4n) is 2.72. The number of carbonyl (C=O) groups is 1. The van der Waals surface area contributed by atoms with Crippen molar-refractivity contribution in [1.82, 2.24) is 10.2 Å². The third-order valence-electron chi connectivity index (χ3n) is 3.95. The molecular weight excluding hydrogens is 425 g/mol. The Kier molecular flexibility index (Phi) is 5.31. The number of halogens is 2. The molecule has 0 bridgehead atoms. The van der Waals surface area contributed by atoms with Crippen molar-refractivity contribution in [3.63, 3.8) is 0 Å². The van der Waals surface area contributed by atoms with Crippen molar-refractivity contribution in [3.8, 4) is 0 Å². The topological polar surface area (TPSA) is 54.9 Å². The molecule has 1 amide bonds. The van der Waals surface area contributed by atoms with Gasteiger partial charge in [-0.3, -0.25) is 4.79 Å². The van der Waals surface area contributed by atoms with E-state index in [4.69, 9.17) is 0 Å². The normalized spacial score (nSPS) is 12.8. The van der Waals surface area contributed by atoms with Crippen LogP contribution in [0.2, 0.25) is 0 Å². The number of aromatic nitrogens is 2. The average molecular weight is 440 g/mol. The minimum atomic E-state index is -0.830. The highest BCUT2D eigenvalue weighted by Gasteiger charge is 2.40. The molecule has 1 unspecified atom stereocenters. The van der Waals surface area contributed by atoms with Crippen LogP contribution in [-0.2, 0) is 4.79 Å². The summed E-state index contributed by atoms with van der Waals surface area (Å²) in [6.07, 6.45) is 0. The highest BCUT2D eigenvalue weighted by Crippen LogP contribution is 2.45. The molecule has 1 aromatic carbocycles. The molecule has 0 aliphatic heterocycles. The molecule has 0 radical (unpaired) electrons. The van der Waals surface area contributed by atoms with Crippen LogP contribution in [0.3, 0.4) is 0 Å². The molecule has 3 aromatic rings. The zero-order chi connectivity index (χ0) is 18.0. The molecule has 2 aromatic heterocycles. The van der Waals surface area contributed by atoms with E-state index in [0.29, 0.717) is 5.13 Å². The number of thiophene rings is 1. The second-order valence-corrected chi connectivity index (χ2v) is 9.38. The molecule has 4 nitrogen and oxygen atoms in total. The summed E-state index contributed by atoms with van der Waals surface area (Å²) in [4.78, 5) is 13.9. The fourth-order valence-corrected chi connectivity index (χ4v) is 4.90. The van der Waals surface area contributed by atoms with E-state index < -0.39 is 5.41 Å². The van der Waals surface area contributed by atoms with Crippen LogP contribution in [-0.4, -0.2) is 16.1 Å². The van der Waals surface area contributed by atoms with Gasteiger partial charge in [-0.2, -0.15) is 0 Å². The number of hydrogen-bond donors (Lipinski definition) is 1. The van der Waals surface area contributed by atoms with E-state index >= 15 is 0 Å². The number of carbonyl (C=O) groups excluding carboxylic acids is 1. The summed E-state index contributed by atoms with van der Waals surface area (Å²) in [7, 11) is 0. The molecule has 0 saturated carbocycles. The summed E-state index contributed by atoms with van der Waals surface area (Å²) in [5.74, 6) is -0.811. The molecule has 0 spiro atoms. The van der Waals surface area contributed by atoms with Gasteiger partial charge in [0, 0.05) is 10.8 Å². The van der Waals surface area contributed by atoms with Crippen molar-refractivity contribution in [3.05, 3.63) is 62.0 Å². The van der Waals surface area contributed by atoms with Crippen LogP contribution in [0.4, 0.5) is 9.52 Å². The average Bonchev–Trinajstić information content (AvgIpc) is 3.19. The predicted octanol–water partition coefficient (Wildman–Crippen LogP) is 5.30. The standard InChI is InChI=1S/C17H15BrFN3OS2/c1-17(2,15(23)21-16-22-20-9-24-16)14(12-6-7-13(18)25-12)10-4-3-5-11(19)8-10/h3-9,14H,1-2H3,(H,21,22,23). The van der Waals surface area contributed by atoms with E-state index in [1.165, 1.54) is 34.8 Å². The van der Waals surface area contributed by atoms with Crippen molar-refractivity contribution < 1.29 is 9.18 Å². The molecule has 25 heavy (non-hydrogen) atoms. The van der Waals surface area contributed by atoms with E-state index in [1.807, 2.05) is 32.0 Å². The molecule has 1 atom stereocenters. The van der Waals surface area contributed by atoms with E-state index in [1.54, 1.807) is 11.6 Å². The van der Waals surface area contributed by atoms with Crippen LogP contribution in [0.1, 0.15) is 30.2 Å². The van der Waals surface area contributed by atoms with E-state index in [9.17, 15) is 9.18 Å². The molecule has 8 heteroatoms. The number of nitrogens with zero attached hydrogens (tertiary/aromatic N) is 2. The Hall–Kier alpha value is -1.64. The second-order valence-electron chi connectivity index (χ2n) is 6.05. The molecule has 0 fully saturated rings. The van der Waals surface area contributed by atoms with Crippen LogP contribution >= 0.6 is 38.6 Å². The van der Waals surface area contributed by atoms with Gasteiger partial charge in [0.2, 0.25) is 11.0 Å². The molecule has 3 rings (SSSR count). The molecule has 2 heterocycles. The van der Waals surface area contributed by atoms with Crippen molar-refractivity contribution in [2.45, 2.75) is 19.8 Å². The van der Waals surface area contributed by atoms with Gasteiger partial charge in [0.15, 0.2) is 0 Å². The lowest BCUT2D eigenvalue weighted by Crippen LogP contribution is -2.36. The van der Waals surface area contributed by atoms with Gasteiger partial charge in [0.1, 0.15) is 11.3 Å². The monoisotopic (exact) mass is 439 g/mol. The smallest absolute Gasteiger partial charge is 0.232 e. The Labute approximate surface area is 161 Å². The third-order valence-corrected chi connectivity index (χ3v) is 6.24. The number of benzene rings is 1. The van der Waals surface area contributed by atoms with Gasteiger partial charge in [-0.05, 0) is 45.8 Å². The van der Waals surface area contributed by atoms with Crippen molar-refractivity contribution in [2.24, 2.45) is 5.41 Å². The molecular formula is C17H15BrFN3OS2. The van der Waals surface area contributed by atoms with Gasteiger partial charge in [0.25, 0.3) is 0 Å². The summed E-state index contributed by atoms with van der Waals surface area (Å²) in [5, 5.41) is 10.9. The largest absolute Gasteiger partial charge is 0.300 e. The molecule has 130 valence electrons. The molecule has 1 N–H and O–H groups in total. The van der Waals surface area contributed by atoms with E-state index in [2.05, 4.69) is 31.4 Å². The zero-order valence-corrected chi connectivity index (χ0v) is 16.7. The number of amides is 1. The minimum Gasteiger partial charge on any atom is -0.300 e. The predicted molar refractivity (Wildman–Crippen MR) is 103 cm³/mol. The first kappa shape index (κ1) is 18.2. The lowest BCUT2D eigenvalue weighted by atomic mass is 9.73. The van der Waals surface area contributed by atoms with Gasteiger partial charge >= 0.3 is 0 Å². The van der Waals surface area contributed by atoms with Gasteiger partial charge in [-0.1, -0.05) is 37.3 Å². The van der Waals surface area contributed by atoms with Crippen LogP contribution in [0.15, 0.2) is 45.7 Å².